The van der Waals surface area contributed by atoms with E-state index in [1.165, 1.54) is 0 Å². The maximum atomic E-state index is 12.3. The lowest BCUT2D eigenvalue weighted by molar-refractivity contribution is -0.274. The van der Waals surface area contributed by atoms with Gasteiger partial charge in [-0.15, -0.1) is 13.2 Å². The van der Waals surface area contributed by atoms with E-state index >= 15 is 0 Å². The van der Waals surface area contributed by atoms with E-state index in [1.54, 1.807) is 12.3 Å². The molecule has 0 atom stereocenters. The molecule has 1 fully saturated rings. The third-order valence-corrected chi connectivity index (χ3v) is 5.33. The van der Waals surface area contributed by atoms with Crippen LogP contribution in [0.4, 0.5) is 19.0 Å². The first-order valence-electron chi connectivity index (χ1n) is 8.15. The lowest BCUT2D eigenvalue weighted by Crippen LogP contribution is -2.25. The Morgan fingerprint density at radius 2 is 1.78 bits per heavy atom. The maximum Gasteiger partial charge on any atom is 0.573 e. The summed E-state index contributed by atoms with van der Waals surface area (Å²) < 4.78 is 67.1. The number of anilines is 1. The number of ether oxygens (including phenoxy) is 1. The van der Waals surface area contributed by atoms with Crippen LogP contribution < -0.4 is 14.4 Å². The second kappa shape index (κ2) is 7.69. The number of halogens is 3. The highest BCUT2D eigenvalue weighted by Crippen LogP contribution is 2.24. The van der Waals surface area contributed by atoms with E-state index in [1.807, 2.05) is 0 Å². The SMILES string of the molecule is O=S(=O)(NCc1nccc(N2CCCC2)n1)c1ccc(OC(F)(F)F)cc1. The van der Waals surface area contributed by atoms with Crippen LogP contribution in [0, 0.1) is 0 Å². The van der Waals surface area contributed by atoms with Crippen molar-refractivity contribution in [1.29, 1.82) is 0 Å². The van der Waals surface area contributed by atoms with Crippen molar-refractivity contribution >= 4 is 15.8 Å². The van der Waals surface area contributed by atoms with Crippen molar-refractivity contribution in [2.45, 2.75) is 30.6 Å². The third kappa shape index (κ3) is 5.30. The van der Waals surface area contributed by atoms with E-state index in [0.717, 1.165) is 56.0 Å². The molecule has 11 heteroatoms. The van der Waals surface area contributed by atoms with Crippen molar-refractivity contribution in [3.05, 3.63) is 42.4 Å². The monoisotopic (exact) mass is 402 g/mol. The minimum atomic E-state index is -4.84. The number of sulfonamides is 1. The van der Waals surface area contributed by atoms with Gasteiger partial charge in [0.05, 0.1) is 11.4 Å². The van der Waals surface area contributed by atoms with Crippen molar-refractivity contribution in [2.75, 3.05) is 18.0 Å². The minimum absolute atomic E-state index is 0.134. The average molecular weight is 402 g/mol. The van der Waals surface area contributed by atoms with E-state index in [-0.39, 0.29) is 11.4 Å². The summed E-state index contributed by atoms with van der Waals surface area (Å²) in [7, 11) is -3.93. The molecule has 2 aromatic rings. The van der Waals surface area contributed by atoms with Crippen molar-refractivity contribution < 1.29 is 26.3 Å². The van der Waals surface area contributed by atoms with Gasteiger partial charge in [0.15, 0.2) is 0 Å². The fourth-order valence-electron chi connectivity index (χ4n) is 2.66. The first kappa shape index (κ1) is 19.4. The number of alkyl halides is 3. The molecule has 0 saturated carbocycles. The molecular weight excluding hydrogens is 385 g/mol. The Bertz CT molecular complexity index is 883. The van der Waals surface area contributed by atoms with Gasteiger partial charge in [-0.1, -0.05) is 0 Å². The molecule has 27 heavy (non-hydrogen) atoms. The molecule has 1 aliphatic heterocycles. The number of hydrogen-bond acceptors (Lipinski definition) is 6. The standard InChI is InChI=1S/C16H17F3N4O3S/c17-16(18,19)26-12-3-5-13(6-4-12)27(24,25)21-11-14-20-8-7-15(22-14)23-9-1-2-10-23/h3-8,21H,1-2,9-11H2. The molecule has 146 valence electrons. The van der Waals surface area contributed by atoms with Crippen LogP contribution in [0.3, 0.4) is 0 Å². The summed E-state index contributed by atoms with van der Waals surface area (Å²) in [4.78, 5) is 10.3. The molecule has 2 heterocycles. The fraction of sp³-hybridized carbons (Fsp3) is 0.375. The van der Waals surface area contributed by atoms with Gasteiger partial charge < -0.3 is 9.64 Å². The summed E-state index contributed by atoms with van der Waals surface area (Å²) >= 11 is 0. The Labute approximate surface area is 154 Å². The van der Waals surface area contributed by atoms with Crippen LogP contribution in [0.15, 0.2) is 41.4 Å². The molecule has 0 amide bonds. The molecule has 7 nitrogen and oxygen atoms in total. The number of aromatic nitrogens is 2. The van der Waals surface area contributed by atoms with E-state index in [4.69, 9.17) is 0 Å². The fourth-order valence-corrected chi connectivity index (χ4v) is 3.64. The van der Waals surface area contributed by atoms with Gasteiger partial charge in [0.25, 0.3) is 0 Å². The zero-order valence-corrected chi connectivity index (χ0v) is 14.9. The molecule has 0 unspecified atom stereocenters. The van der Waals surface area contributed by atoms with Crippen molar-refractivity contribution in [2.24, 2.45) is 0 Å². The van der Waals surface area contributed by atoms with Gasteiger partial charge in [0, 0.05) is 19.3 Å². The second-order valence-corrected chi connectivity index (χ2v) is 7.64. The van der Waals surface area contributed by atoms with Crippen LogP contribution in [0.1, 0.15) is 18.7 Å². The number of nitrogens with one attached hydrogen (secondary N) is 1. The Morgan fingerprint density at radius 1 is 1.11 bits per heavy atom. The second-order valence-electron chi connectivity index (χ2n) is 5.87. The van der Waals surface area contributed by atoms with Gasteiger partial charge in [-0.2, -0.15) is 0 Å². The van der Waals surface area contributed by atoms with Crippen LogP contribution in [0.5, 0.6) is 5.75 Å². The zero-order valence-electron chi connectivity index (χ0n) is 14.1. The highest BCUT2D eigenvalue weighted by Gasteiger charge is 2.31. The van der Waals surface area contributed by atoms with E-state index in [9.17, 15) is 21.6 Å². The summed E-state index contributed by atoms with van der Waals surface area (Å²) in [6.07, 6.45) is -1.11. The molecular formula is C16H17F3N4O3S. The minimum Gasteiger partial charge on any atom is -0.406 e. The van der Waals surface area contributed by atoms with Gasteiger partial charge in [-0.3, -0.25) is 0 Å². The Morgan fingerprint density at radius 3 is 2.41 bits per heavy atom. The van der Waals surface area contributed by atoms with Gasteiger partial charge in [-0.05, 0) is 43.2 Å². The van der Waals surface area contributed by atoms with E-state index < -0.39 is 22.1 Å². The van der Waals surface area contributed by atoms with Crippen LogP contribution >= 0.6 is 0 Å². The highest BCUT2D eigenvalue weighted by molar-refractivity contribution is 7.89. The largest absolute Gasteiger partial charge is 0.573 e. The molecule has 1 saturated heterocycles. The molecule has 0 spiro atoms. The zero-order chi connectivity index (χ0) is 19.5. The molecule has 0 bridgehead atoms. The first-order chi connectivity index (χ1) is 12.7. The van der Waals surface area contributed by atoms with Crippen molar-refractivity contribution in [1.82, 2.24) is 14.7 Å². The first-order valence-corrected chi connectivity index (χ1v) is 9.64. The topological polar surface area (TPSA) is 84.4 Å². The maximum absolute atomic E-state index is 12.3. The lowest BCUT2D eigenvalue weighted by atomic mass is 10.3. The molecule has 1 aliphatic rings. The van der Waals surface area contributed by atoms with Gasteiger partial charge in [0.2, 0.25) is 10.0 Å². The van der Waals surface area contributed by atoms with Gasteiger partial charge >= 0.3 is 6.36 Å². The number of benzene rings is 1. The smallest absolute Gasteiger partial charge is 0.406 e. The van der Waals surface area contributed by atoms with Crippen molar-refractivity contribution in [3.63, 3.8) is 0 Å². The van der Waals surface area contributed by atoms with Crippen LogP contribution in [0.2, 0.25) is 0 Å². The van der Waals surface area contributed by atoms with Gasteiger partial charge in [0.1, 0.15) is 17.4 Å². The molecule has 1 aromatic carbocycles. The molecule has 0 radical (unpaired) electrons. The van der Waals surface area contributed by atoms with E-state index in [2.05, 4.69) is 24.3 Å². The average Bonchev–Trinajstić information content (AvgIpc) is 3.14. The highest BCUT2D eigenvalue weighted by atomic mass is 32.2. The summed E-state index contributed by atoms with van der Waals surface area (Å²) in [6.45, 7) is 1.66. The molecule has 0 aliphatic carbocycles. The quantitative estimate of drug-likeness (QED) is 0.799. The van der Waals surface area contributed by atoms with Crippen LogP contribution in [0.25, 0.3) is 0 Å². The van der Waals surface area contributed by atoms with Crippen LogP contribution in [-0.4, -0.2) is 37.8 Å². The van der Waals surface area contributed by atoms with Crippen LogP contribution in [-0.2, 0) is 16.6 Å². The Kier molecular flexibility index (Phi) is 5.51. The molecule has 1 N–H and O–H groups in total. The summed E-state index contributed by atoms with van der Waals surface area (Å²) in [5.74, 6) is 0.549. The molecule has 3 rings (SSSR count). The third-order valence-electron chi connectivity index (χ3n) is 3.91. The lowest BCUT2D eigenvalue weighted by Gasteiger charge is -2.16. The summed E-state index contributed by atoms with van der Waals surface area (Å²) in [5, 5.41) is 0. The predicted octanol–water partition coefficient (Wildman–Crippen LogP) is 2.45. The Hall–Kier alpha value is -2.40. The summed E-state index contributed by atoms with van der Waals surface area (Å²) in [5.41, 5.74) is 0. The van der Waals surface area contributed by atoms with E-state index in [0.29, 0.717) is 5.82 Å². The normalized spacial score (nSPS) is 15.1. The predicted molar refractivity (Wildman–Crippen MR) is 90.6 cm³/mol. The molecule has 1 aromatic heterocycles. The number of hydrogen-bond donors (Lipinski definition) is 1. The number of rotatable bonds is 6. The summed E-state index contributed by atoms with van der Waals surface area (Å²) in [6, 6.07) is 5.71. The number of nitrogens with zero attached hydrogens (tertiary/aromatic N) is 3. The van der Waals surface area contributed by atoms with Crippen molar-refractivity contribution in [3.8, 4) is 5.75 Å². The Balaban J connectivity index is 1.65. The van der Waals surface area contributed by atoms with Gasteiger partial charge in [-0.25, -0.2) is 23.1 Å².